The van der Waals surface area contributed by atoms with E-state index in [0.717, 1.165) is 72.2 Å². The first kappa shape index (κ1) is 36.0. The van der Waals surface area contributed by atoms with Crippen LogP contribution in [-0.4, -0.2) is 19.1 Å². The van der Waals surface area contributed by atoms with Gasteiger partial charge in [-0.3, -0.25) is 19.1 Å². The molecule has 0 fully saturated rings. The van der Waals surface area contributed by atoms with E-state index in [4.69, 9.17) is 29.7 Å². The van der Waals surface area contributed by atoms with Crippen LogP contribution in [0.2, 0.25) is 0 Å². The zero-order valence-electron chi connectivity index (χ0n) is 33.0. The number of rotatable bonds is 6. The maximum Gasteiger partial charge on any atom is 0.235 e. The highest BCUT2D eigenvalue weighted by molar-refractivity contribution is 6.12. The van der Waals surface area contributed by atoms with Gasteiger partial charge in [-0.2, -0.15) is 0 Å². The van der Waals surface area contributed by atoms with Crippen LogP contribution in [0.5, 0.6) is 0 Å². The number of nitrogens with zero attached hydrogens (tertiary/aromatic N) is 7. The van der Waals surface area contributed by atoms with Crippen LogP contribution >= 0.6 is 0 Å². The Hall–Kier alpha value is -9.09. The molecule has 0 aliphatic rings. The molecule has 11 rings (SSSR count). The molecule has 0 saturated carbocycles. The van der Waals surface area contributed by atoms with Crippen molar-refractivity contribution in [2.24, 2.45) is 0 Å². The van der Waals surface area contributed by atoms with Crippen molar-refractivity contribution in [1.29, 1.82) is 0 Å². The molecule has 0 bridgehead atoms. The summed E-state index contributed by atoms with van der Waals surface area (Å²) in [4.78, 5) is 21.0. The van der Waals surface area contributed by atoms with Gasteiger partial charge in [0.1, 0.15) is 0 Å². The lowest BCUT2D eigenvalue weighted by atomic mass is 10.0. The Balaban J connectivity index is 1.06. The predicted molar refractivity (Wildman–Crippen MR) is 251 cm³/mol. The molecule has 0 atom stereocenters. The van der Waals surface area contributed by atoms with Gasteiger partial charge in [-0.25, -0.2) is 9.97 Å². The molecular formula is C55H31N7. The zero-order valence-corrected chi connectivity index (χ0v) is 33.0. The van der Waals surface area contributed by atoms with Crippen molar-refractivity contribution in [3.05, 3.63) is 222 Å². The highest BCUT2D eigenvalue weighted by atomic mass is 15.2. The number of aromatic nitrogens is 4. The van der Waals surface area contributed by atoms with E-state index >= 15 is 0 Å². The van der Waals surface area contributed by atoms with Crippen LogP contribution in [0, 0.1) is 19.7 Å². The van der Waals surface area contributed by atoms with E-state index in [1.807, 2.05) is 48.5 Å². The molecular weight excluding hydrogens is 759 g/mol. The fraction of sp³-hybridized carbons (Fsp3) is 0. The lowest BCUT2D eigenvalue weighted by Crippen LogP contribution is -2.04. The van der Waals surface area contributed by atoms with E-state index in [9.17, 15) is 0 Å². The van der Waals surface area contributed by atoms with E-state index < -0.39 is 0 Å². The molecule has 7 nitrogen and oxygen atoms in total. The molecule has 0 N–H and O–H groups in total. The molecule has 0 aliphatic heterocycles. The maximum absolute atomic E-state index is 7.63. The summed E-state index contributed by atoms with van der Waals surface area (Å²) >= 11 is 0. The van der Waals surface area contributed by atoms with Gasteiger partial charge in [0.2, 0.25) is 11.6 Å². The number of hydrogen-bond acceptors (Lipinski definition) is 2. The van der Waals surface area contributed by atoms with E-state index in [2.05, 4.69) is 151 Å². The number of benzene rings is 8. The van der Waals surface area contributed by atoms with Crippen LogP contribution in [0.4, 0.5) is 17.1 Å². The maximum atomic E-state index is 7.63. The Bertz CT molecular complexity index is 3670. The summed E-state index contributed by atoms with van der Waals surface area (Å²) in [5.74, 6) is 0.552. The van der Waals surface area contributed by atoms with Gasteiger partial charge >= 0.3 is 0 Å². The molecule has 0 radical (unpaired) electrons. The van der Waals surface area contributed by atoms with Gasteiger partial charge in [0, 0.05) is 38.4 Å². The van der Waals surface area contributed by atoms with Crippen LogP contribution in [0.15, 0.2) is 188 Å². The molecule has 286 valence electrons. The molecule has 0 amide bonds. The minimum atomic E-state index is 0.0864. The Kier molecular flexibility index (Phi) is 8.50. The van der Waals surface area contributed by atoms with Crippen molar-refractivity contribution in [3.63, 3.8) is 0 Å². The molecule has 62 heavy (non-hydrogen) atoms. The molecule has 7 heteroatoms. The van der Waals surface area contributed by atoms with Gasteiger partial charge in [0.15, 0.2) is 11.4 Å². The summed E-state index contributed by atoms with van der Waals surface area (Å²) < 4.78 is 4.51. The standard InChI is InChI=1S/C55H31N7/c1-56-48-31-40(32-49(57-2)54(48)58-3)35-22-24-37(25-23-35)47-34-46(36-14-6-4-7-15-36)59-55(60-47)62-51-21-13-11-19-43(51)45-30-38(27-29-52(45)62)39-26-28-44-42-18-10-12-20-50(42)61(53(44)33-39)41-16-8-5-9-17-41/h4-34H. The van der Waals surface area contributed by atoms with Gasteiger partial charge in [0.05, 0.1) is 53.2 Å². The minimum Gasteiger partial charge on any atom is -0.309 e. The van der Waals surface area contributed by atoms with Crippen LogP contribution < -0.4 is 0 Å². The summed E-state index contributed by atoms with van der Waals surface area (Å²) in [5.41, 5.74) is 13.1. The van der Waals surface area contributed by atoms with Crippen molar-refractivity contribution in [1.82, 2.24) is 19.1 Å². The van der Waals surface area contributed by atoms with Crippen molar-refractivity contribution in [2.75, 3.05) is 0 Å². The Morgan fingerprint density at radius 2 is 0.839 bits per heavy atom. The molecule has 0 spiro atoms. The third-order valence-electron chi connectivity index (χ3n) is 11.6. The van der Waals surface area contributed by atoms with Crippen LogP contribution in [0.25, 0.3) is 115 Å². The van der Waals surface area contributed by atoms with Gasteiger partial charge in [-0.1, -0.05) is 140 Å². The lowest BCUT2D eigenvalue weighted by Gasteiger charge is -2.13. The van der Waals surface area contributed by atoms with Crippen LogP contribution in [0.3, 0.4) is 0 Å². The second kappa shape index (κ2) is 14.6. The average Bonchev–Trinajstić information content (AvgIpc) is 3.86. The largest absolute Gasteiger partial charge is 0.309 e. The van der Waals surface area contributed by atoms with Crippen molar-refractivity contribution < 1.29 is 0 Å². The Labute approximate surface area is 357 Å². The third kappa shape index (κ3) is 5.88. The second-order valence-electron chi connectivity index (χ2n) is 15.1. The van der Waals surface area contributed by atoms with Gasteiger partial charge < -0.3 is 4.57 Å². The van der Waals surface area contributed by atoms with E-state index in [0.29, 0.717) is 11.5 Å². The fourth-order valence-electron chi connectivity index (χ4n) is 8.70. The topological polar surface area (TPSA) is 48.7 Å². The van der Waals surface area contributed by atoms with Crippen molar-refractivity contribution >= 4 is 60.7 Å². The highest BCUT2D eigenvalue weighted by Gasteiger charge is 2.19. The molecule has 0 unspecified atom stereocenters. The predicted octanol–water partition coefficient (Wildman–Crippen LogP) is 15.0. The van der Waals surface area contributed by atoms with Gasteiger partial charge in [0.25, 0.3) is 0 Å². The summed E-state index contributed by atoms with van der Waals surface area (Å²) in [5, 5.41) is 4.64. The minimum absolute atomic E-state index is 0.0864. The first-order valence-corrected chi connectivity index (χ1v) is 20.1. The zero-order chi connectivity index (χ0) is 41.7. The van der Waals surface area contributed by atoms with Gasteiger partial charge in [-0.05, 0) is 70.8 Å². The summed E-state index contributed by atoms with van der Waals surface area (Å²) in [7, 11) is 0. The number of para-hydroxylation sites is 3. The highest BCUT2D eigenvalue weighted by Crippen LogP contribution is 2.43. The van der Waals surface area contributed by atoms with E-state index in [1.54, 1.807) is 12.1 Å². The summed E-state index contributed by atoms with van der Waals surface area (Å²) in [6, 6.07) is 64.4. The molecule has 0 aliphatic carbocycles. The van der Waals surface area contributed by atoms with Crippen molar-refractivity contribution in [3.8, 4) is 56.4 Å². The molecule has 0 saturated heterocycles. The van der Waals surface area contributed by atoms with Gasteiger partial charge in [-0.15, -0.1) is 0 Å². The number of fused-ring (bicyclic) bond motifs is 6. The summed E-state index contributed by atoms with van der Waals surface area (Å²) in [6.07, 6.45) is 0. The number of hydrogen-bond donors (Lipinski definition) is 0. The molecule has 11 aromatic rings. The van der Waals surface area contributed by atoms with Crippen LogP contribution in [0.1, 0.15) is 0 Å². The van der Waals surface area contributed by atoms with E-state index in [1.165, 1.54) is 16.3 Å². The smallest absolute Gasteiger partial charge is 0.235 e. The molecule has 3 aromatic heterocycles. The lowest BCUT2D eigenvalue weighted by molar-refractivity contribution is 0.995. The van der Waals surface area contributed by atoms with Crippen molar-refractivity contribution in [2.45, 2.75) is 0 Å². The first-order valence-electron chi connectivity index (χ1n) is 20.1. The summed E-state index contributed by atoms with van der Waals surface area (Å²) in [6.45, 7) is 22.8. The Morgan fingerprint density at radius 3 is 1.50 bits per heavy atom. The first-order chi connectivity index (χ1) is 30.6. The Morgan fingerprint density at radius 1 is 0.339 bits per heavy atom. The third-order valence-corrected chi connectivity index (χ3v) is 11.6. The fourth-order valence-corrected chi connectivity index (χ4v) is 8.70. The second-order valence-corrected chi connectivity index (χ2v) is 15.1. The SMILES string of the molecule is [C-]#[N+]c1cc(-c2ccc(-c3cc(-c4ccccc4)nc(-n4c5ccccc5c5cc(-c6ccc7c8ccccc8n(-c8ccccc8)c7c6)ccc54)n3)cc2)cc([N+]#[C-])c1[N+]#[C-]. The average molecular weight is 790 g/mol. The monoisotopic (exact) mass is 789 g/mol. The molecule has 8 aromatic carbocycles. The quantitative estimate of drug-likeness (QED) is 0.158. The van der Waals surface area contributed by atoms with E-state index in [-0.39, 0.29) is 17.1 Å². The molecule has 3 heterocycles. The van der Waals surface area contributed by atoms with Crippen LogP contribution in [-0.2, 0) is 0 Å². The normalized spacial score (nSPS) is 11.2.